The molecular weight excluding hydrogens is 362 g/mol. The first kappa shape index (κ1) is 17.5. The average molecular weight is 384 g/mol. The molecule has 4 nitrogen and oxygen atoms in total. The van der Waals surface area contributed by atoms with Crippen LogP contribution < -0.4 is 4.90 Å². The number of benzene rings is 1. The van der Waals surface area contributed by atoms with Crippen molar-refractivity contribution in [2.24, 2.45) is 0 Å². The van der Waals surface area contributed by atoms with Crippen LogP contribution >= 0.6 is 23.1 Å². The largest absolute Gasteiger partial charge is 0.312 e. The summed E-state index contributed by atoms with van der Waals surface area (Å²) in [6.07, 6.45) is 5.08. The number of aryl methyl sites for hydroxylation is 2. The Morgan fingerprint density at radius 3 is 2.85 bits per heavy atom. The van der Waals surface area contributed by atoms with E-state index in [2.05, 4.69) is 9.97 Å². The minimum absolute atomic E-state index is 0.113. The lowest BCUT2D eigenvalue weighted by Gasteiger charge is -2.24. The molecular formula is C20H21N3OS2. The molecule has 1 atom stereocenters. The lowest BCUT2D eigenvalue weighted by molar-refractivity contribution is -0.117. The number of carbonyl (C=O) groups is 1. The zero-order valence-corrected chi connectivity index (χ0v) is 16.6. The Labute approximate surface area is 161 Å². The number of fused-ring (bicyclic) bond motifs is 3. The van der Waals surface area contributed by atoms with E-state index in [0.717, 1.165) is 28.4 Å². The number of para-hydroxylation sites is 1. The number of thiophene rings is 1. The van der Waals surface area contributed by atoms with E-state index in [-0.39, 0.29) is 11.2 Å². The van der Waals surface area contributed by atoms with Gasteiger partial charge < -0.3 is 4.90 Å². The average Bonchev–Trinajstić information content (AvgIpc) is 3.24. The summed E-state index contributed by atoms with van der Waals surface area (Å²) in [6, 6.07) is 9.85. The Morgan fingerprint density at radius 1 is 1.27 bits per heavy atom. The molecule has 0 aliphatic heterocycles. The summed E-state index contributed by atoms with van der Waals surface area (Å²) >= 11 is 3.34. The fourth-order valence-electron chi connectivity index (χ4n) is 3.50. The zero-order chi connectivity index (χ0) is 18.1. The van der Waals surface area contributed by atoms with Gasteiger partial charge in [-0.1, -0.05) is 30.0 Å². The fraction of sp³-hybridized carbons (Fsp3) is 0.350. The Hall–Kier alpha value is -1.92. The molecule has 4 rings (SSSR count). The van der Waals surface area contributed by atoms with Gasteiger partial charge in [0.25, 0.3) is 0 Å². The number of anilines is 1. The second-order valence-corrected chi connectivity index (χ2v) is 8.81. The second-order valence-electron chi connectivity index (χ2n) is 6.39. The molecule has 1 unspecified atom stereocenters. The maximum atomic E-state index is 13.1. The predicted octanol–water partition coefficient (Wildman–Crippen LogP) is 4.71. The first-order chi connectivity index (χ1) is 12.7. The third-order valence-corrected chi connectivity index (χ3v) is 7.04. The number of rotatable bonds is 5. The SMILES string of the molecule is CCN(C(=O)C(C)Sc1ncnc2sc3c(c12)CCC3)c1ccccc1. The quantitative estimate of drug-likeness (QED) is 0.473. The molecule has 2 heterocycles. The molecule has 0 saturated heterocycles. The van der Waals surface area contributed by atoms with Gasteiger partial charge >= 0.3 is 0 Å². The van der Waals surface area contributed by atoms with Crippen LogP contribution in [0.25, 0.3) is 10.2 Å². The molecule has 0 fully saturated rings. The van der Waals surface area contributed by atoms with Crippen LogP contribution in [0.4, 0.5) is 5.69 Å². The minimum atomic E-state index is -0.204. The van der Waals surface area contributed by atoms with Crippen molar-refractivity contribution in [1.29, 1.82) is 0 Å². The van der Waals surface area contributed by atoms with E-state index in [0.29, 0.717) is 6.54 Å². The van der Waals surface area contributed by atoms with Crippen molar-refractivity contribution in [3.8, 4) is 0 Å². The van der Waals surface area contributed by atoms with E-state index >= 15 is 0 Å². The number of hydrogen-bond acceptors (Lipinski definition) is 5. The maximum absolute atomic E-state index is 13.1. The molecule has 0 bridgehead atoms. The first-order valence-electron chi connectivity index (χ1n) is 8.97. The normalized spacial score (nSPS) is 14.4. The zero-order valence-electron chi connectivity index (χ0n) is 14.9. The summed E-state index contributed by atoms with van der Waals surface area (Å²) in [7, 11) is 0. The molecule has 0 radical (unpaired) electrons. The fourth-order valence-corrected chi connectivity index (χ4v) is 5.80. The van der Waals surface area contributed by atoms with E-state index < -0.39 is 0 Å². The molecule has 6 heteroatoms. The molecule has 0 N–H and O–H groups in total. The monoisotopic (exact) mass is 383 g/mol. The van der Waals surface area contributed by atoms with Crippen LogP contribution in [-0.4, -0.2) is 27.7 Å². The van der Waals surface area contributed by atoms with Gasteiger partial charge in [-0.3, -0.25) is 4.79 Å². The summed E-state index contributed by atoms with van der Waals surface area (Å²) in [5, 5.41) is 1.92. The summed E-state index contributed by atoms with van der Waals surface area (Å²) in [5.41, 5.74) is 2.35. The highest BCUT2D eigenvalue weighted by Crippen LogP contribution is 2.41. The number of nitrogens with zero attached hydrogens (tertiary/aromatic N) is 3. The van der Waals surface area contributed by atoms with Crippen molar-refractivity contribution in [3.63, 3.8) is 0 Å². The molecule has 3 aromatic rings. The smallest absolute Gasteiger partial charge is 0.240 e. The van der Waals surface area contributed by atoms with E-state index in [9.17, 15) is 4.79 Å². The molecule has 1 aliphatic rings. The first-order valence-corrected chi connectivity index (χ1v) is 10.7. The van der Waals surface area contributed by atoms with E-state index in [1.54, 1.807) is 29.4 Å². The highest BCUT2D eigenvalue weighted by Gasteiger charge is 2.26. The van der Waals surface area contributed by atoms with Crippen LogP contribution in [0.15, 0.2) is 41.7 Å². The molecule has 1 aliphatic carbocycles. The Bertz CT molecular complexity index is 939. The van der Waals surface area contributed by atoms with Crippen LogP contribution in [0.5, 0.6) is 0 Å². The minimum Gasteiger partial charge on any atom is -0.312 e. The van der Waals surface area contributed by atoms with Crippen LogP contribution in [0, 0.1) is 0 Å². The molecule has 1 aromatic carbocycles. The third kappa shape index (κ3) is 3.12. The summed E-state index contributed by atoms with van der Waals surface area (Å²) in [4.78, 5) is 26.4. The van der Waals surface area contributed by atoms with E-state index in [1.165, 1.54) is 22.2 Å². The summed E-state index contributed by atoms with van der Waals surface area (Å²) in [6.45, 7) is 4.64. The van der Waals surface area contributed by atoms with Crippen molar-refractivity contribution in [2.45, 2.75) is 43.4 Å². The van der Waals surface area contributed by atoms with Gasteiger partial charge in [0.2, 0.25) is 5.91 Å². The van der Waals surface area contributed by atoms with Gasteiger partial charge in [-0.25, -0.2) is 9.97 Å². The second kappa shape index (κ2) is 7.37. The molecule has 1 amide bonds. The van der Waals surface area contributed by atoms with Crippen molar-refractivity contribution in [1.82, 2.24) is 9.97 Å². The van der Waals surface area contributed by atoms with E-state index in [4.69, 9.17) is 0 Å². The van der Waals surface area contributed by atoms with Gasteiger partial charge in [-0.2, -0.15) is 0 Å². The van der Waals surface area contributed by atoms with Crippen molar-refractivity contribution in [3.05, 3.63) is 47.1 Å². The number of amides is 1. The lowest BCUT2D eigenvalue weighted by Crippen LogP contribution is -2.36. The Morgan fingerprint density at radius 2 is 2.08 bits per heavy atom. The van der Waals surface area contributed by atoms with Crippen LogP contribution in [0.2, 0.25) is 0 Å². The Kier molecular flexibility index (Phi) is 4.96. The van der Waals surface area contributed by atoms with Crippen molar-refractivity contribution in [2.75, 3.05) is 11.4 Å². The Balaban J connectivity index is 1.61. The maximum Gasteiger partial charge on any atom is 0.240 e. The van der Waals surface area contributed by atoms with Crippen LogP contribution in [-0.2, 0) is 17.6 Å². The number of thioether (sulfide) groups is 1. The number of carbonyl (C=O) groups excluding carboxylic acids is 1. The van der Waals surface area contributed by atoms with Gasteiger partial charge in [-0.05, 0) is 50.8 Å². The molecule has 26 heavy (non-hydrogen) atoms. The third-order valence-electron chi connectivity index (χ3n) is 4.75. The summed E-state index contributed by atoms with van der Waals surface area (Å²) in [5.74, 6) is 0.113. The molecule has 134 valence electrons. The van der Waals surface area contributed by atoms with Gasteiger partial charge in [-0.15, -0.1) is 11.3 Å². The van der Waals surface area contributed by atoms with Crippen molar-refractivity contribution < 1.29 is 4.79 Å². The lowest BCUT2D eigenvalue weighted by atomic mass is 10.2. The topological polar surface area (TPSA) is 46.1 Å². The molecule has 0 spiro atoms. The van der Waals surface area contributed by atoms with Gasteiger partial charge in [0, 0.05) is 22.5 Å². The van der Waals surface area contributed by atoms with Crippen molar-refractivity contribution >= 4 is 44.9 Å². The van der Waals surface area contributed by atoms with Gasteiger partial charge in [0.15, 0.2) is 0 Å². The van der Waals surface area contributed by atoms with Crippen LogP contribution in [0.3, 0.4) is 0 Å². The van der Waals surface area contributed by atoms with Gasteiger partial charge in [0.05, 0.1) is 5.25 Å². The highest BCUT2D eigenvalue weighted by atomic mass is 32.2. The van der Waals surface area contributed by atoms with Crippen LogP contribution in [0.1, 0.15) is 30.7 Å². The number of hydrogen-bond donors (Lipinski definition) is 0. The molecule has 2 aromatic heterocycles. The summed E-state index contributed by atoms with van der Waals surface area (Å²) < 4.78 is 0. The highest BCUT2D eigenvalue weighted by molar-refractivity contribution is 8.00. The number of aromatic nitrogens is 2. The standard InChI is InChI=1S/C20H21N3OS2/c1-3-23(14-8-5-4-6-9-14)20(24)13(2)25-18-17-15-10-7-11-16(15)26-19(17)22-12-21-18/h4-6,8-9,12-13H,3,7,10-11H2,1-2H3. The van der Waals surface area contributed by atoms with E-state index in [1.807, 2.05) is 49.1 Å². The predicted molar refractivity (Wildman–Crippen MR) is 109 cm³/mol. The molecule has 0 saturated carbocycles. The van der Waals surface area contributed by atoms with Gasteiger partial charge in [0.1, 0.15) is 16.2 Å².